The quantitative estimate of drug-likeness (QED) is 0.790. The van der Waals surface area contributed by atoms with Gasteiger partial charge in [0.05, 0.1) is 13.1 Å². The summed E-state index contributed by atoms with van der Waals surface area (Å²) in [5, 5.41) is 1.60. The Hall–Kier alpha value is -1.00. The number of hydrogen-bond acceptors (Lipinski definition) is 4. The summed E-state index contributed by atoms with van der Waals surface area (Å²) in [6, 6.07) is 7.00. The zero-order valence-corrected chi connectivity index (χ0v) is 11.1. The Morgan fingerprint density at radius 2 is 2.18 bits per heavy atom. The van der Waals surface area contributed by atoms with Crippen molar-refractivity contribution in [1.82, 2.24) is 4.90 Å². The van der Waals surface area contributed by atoms with E-state index in [1.54, 1.807) is 36.0 Å². The first-order valence-corrected chi connectivity index (χ1v) is 6.93. The van der Waals surface area contributed by atoms with E-state index in [1.165, 1.54) is 0 Å². The largest absolute Gasteiger partial charge is 0.342 e. The second-order valence-corrected chi connectivity index (χ2v) is 4.93. The summed E-state index contributed by atoms with van der Waals surface area (Å²) in [4.78, 5) is 18.4. The highest BCUT2D eigenvalue weighted by Crippen LogP contribution is 2.14. The fourth-order valence-electron chi connectivity index (χ4n) is 1.70. The van der Waals surface area contributed by atoms with E-state index in [0.717, 1.165) is 18.3 Å². The molecule has 1 aliphatic heterocycles. The van der Waals surface area contributed by atoms with E-state index in [1.807, 2.05) is 11.2 Å². The number of Topliss-reactive ketones (excluding diaryl/α,β-unsaturated/α-hetero) is 1. The third-order valence-electron chi connectivity index (χ3n) is 2.57. The fourth-order valence-corrected chi connectivity index (χ4v) is 2.46. The van der Waals surface area contributed by atoms with Crippen LogP contribution in [0.3, 0.4) is 0 Å². The molecule has 1 aromatic carbocycles. The van der Waals surface area contributed by atoms with Crippen molar-refractivity contribution in [2.45, 2.75) is 0 Å². The van der Waals surface area contributed by atoms with Crippen LogP contribution in [0.4, 0.5) is 0 Å². The van der Waals surface area contributed by atoms with Crippen LogP contribution < -0.4 is 0 Å². The van der Waals surface area contributed by atoms with Crippen LogP contribution in [0.15, 0.2) is 29.3 Å². The van der Waals surface area contributed by atoms with Crippen molar-refractivity contribution in [2.75, 3.05) is 25.9 Å². The maximum absolute atomic E-state index is 12.0. The number of thioether (sulfide) groups is 1. The summed E-state index contributed by atoms with van der Waals surface area (Å²) >= 11 is 7.37. The molecule has 0 fully saturated rings. The SMILES string of the molecule is CSC1=NCCN1CC(=O)c1ccc(Cl)cc1. The van der Waals surface area contributed by atoms with Gasteiger partial charge in [0.2, 0.25) is 0 Å². The molecule has 2 rings (SSSR count). The smallest absolute Gasteiger partial charge is 0.182 e. The molecule has 0 aromatic heterocycles. The zero-order valence-electron chi connectivity index (χ0n) is 9.52. The summed E-state index contributed by atoms with van der Waals surface area (Å²) in [5.74, 6) is 0.102. The third kappa shape index (κ3) is 3.01. The van der Waals surface area contributed by atoms with Crippen molar-refractivity contribution in [3.05, 3.63) is 34.9 Å². The Labute approximate surface area is 110 Å². The molecule has 0 atom stereocenters. The van der Waals surface area contributed by atoms with Gasteiger partial charge in [0, 0.05) is 17.1 Å². The molecule has 0 aliphatic carbocycles. The Morgan fingerprint density at radius 3 is 2.82 bits per heavy atom. The van der Waals surface area contributed by atoms with Gasteiger partial charge in [0.1, 0.15) is 0 Å². The number of carbonyl (C=O) groups is 1. The molecule has 17 heavy (non-hydrogen) atoms. The summed E-state index contributed by atoms with van der Waals surface area (Å²) < 4.78 is 0. The lowest BCUT2D eigenvalue weighted by Gasteiger charge is -2.17. The lowest BCUT2D eigenvalue weighted by atomic mass is 10.1. The molecule has 0 saturated heterocycles. The minimum atomic E-state index is 0.102. The molecule has 1 aromatic rings. The Morgan fingerprint density at radius 1 is 1.47 bits per heavy atom. The number of rotatable bonds is 3. The van der Waals surface area contributed by atoms with Gasteiger partial charge in [-0.25, -0.2) is 0 Å². The first-order valence-electron chi connectivity index (χ1n) is 5.33. The van der Waals surface area contributed by atoms with Gasteiger partial charge in [-0.2, -0.15) is 0 Å². The van der Waals surface area contributed by atoms with Gasteiger partial charge >= 0.3 is 0 Å². The summed E-state index contributed by atoms with van der Waals surface area (Å²) in [7, 11) is 0. The van der Waals surface area contributed by atoms with E-state index in [9.17, 15) is 4.79 Å². The number of ketones is 1. The molecule has 0 N–H and O–H groups in total. The topological polar surface area (TPSA) is 32.7 Å². The molecular formula is C12H13ClN2OS. The van der Waals surface area contributed by atoms with Crippen molar-refractivity contribution in [3.8, 4) is 0 Å². The summed E-state index contributed by atoms with van der Waals surface area (Å²) in [6.45, 7) is 2.00. The van der Waals surface area contributed by atoms with Crippen molar-refractivity contribution in [2.24, 2.45) is 4.99 Å². The molecule has 0 saturated carbocycles. The molecule has 90 valence electrons. The van der Waals surface area contributed by atoms with Crippen LogP contribution in [0, 0.1) is 0 Å². The van der Waals surface area contributed by atoms with Gasteiger partial charge in [-0.05, 0) is 30.5 Å². The van der Waals surface area contributed by atoms with Crippen LogP contribution >= 0.6 is 23.4 Å². The van der Waals surface area contributed by atoms with Gasteiger partial charge in [-0.1, -0.05) is 23.4 Å². The maximum Gasteiger partial charge on any atom is 0.182 e. The standard InChI is InChI=1S/C12H13ClN2OS/c1-17-12-14-6-7-15(12)8-11(16)9-2-4-10(13)5-3-9/h2-5H,6-8H2,1H3. The fraction of sp³-hybridized carbons (Fsp3) is 0.333. The molecule has 0 radical (unpaired) electrons. The first-order chi connectivity index (χ1) is 8.20. The Bertz CT molecular complexity index is 444. The average Bonchev–Trinajstić information content (AvgIpc) is 2.77. The molecule has 0 amide bonds. The molecule has 5 heteroatoms. The number of aliphatic imine (C=N–C) groups is 1. The van der Waals surface area contributed by atoms with Crippen molar-refractivity contribution < 1.29 is 4.79 Å². The first kappa shape index (κ1) is 12.5. The van der Waals surface area contributed by atoms with E-state index in [2.05, 4.69) is 4.99 Å². The van der Waals surface area contributed by atoms with E-state index in [-0.39, 0.29) is 5.78 Å². The predicted octanol–water partition coefficient (Wildman–Crippen LogP) is 2.56. The van der Waals surface area contributed by atoms with E-state index in [4.69, 9.17) is 11.6 Å². The Balaban J connectivity index is 2.02. The monoisotopic (exact) mass is 268 g/mol. The molecule has 1 heterocycles. The lowest BCUT2D eigenvalue weighted by molar-refractivity contribution is 0.0967. The van der Waals surface area contributed by atoms with Crippen LogP contribution in [0.25, 0.3) is 0 Å². The summed E-state index contributed by atoms with van der Waals surface area (Å²) in [5.41, 5.74) is 0.696. The molecular weight excluding hydrogens is 256 g/mol. The van der Waals surface area contributed by atoms with Gasteiger partial charge in [-0.15, -0.1) is 0 Å². The van der Waals surface area contributed by atoms with E-state index < -0.39 is 0 Å². The second kappa shape index (κ2) is 5.56. The van der Waals surface area contributed by atoms with Crippen molar-refractivity contribution in [3.63, 3.8) is 0 Å². The highest BCUT2D eigenvalue weighted by Gasteiger charge is 2.19. The van der Waals surface area contributed by atoms with Gasteiger partial charge < -0.3 is 4.90 Å². The Kier molecular flexibility index (Phi) is 4.07. The van der Waals surface area contributed by atoms with Crippen molar-refractivity contribution in [1.29, 1.82) is 0 Å². The number of halogens is 1. The molecule has 0 unspecified atom stereocenters. The summed E-state index contributed by atoms with van der Waals surface area (Å²) in [6.07, 6.45) is 1.98. The molecule has 0 bridgehead atoms. The number of nitrogens with zero attached hydrogens (tertiary/aromatic N) is 2. The van der Waals surface area contributed by atoms with Gasteiger partial charge in [-0.3, -0.25) is 9.79 Å². The number of carbonyl (C=O) groups excluding carboxylic acids is 1. The number of amidine groups is 1. The van der Waals surface area contributed by atoms with Gasteiger partial charge in [0.25, 0.3) is 0 Å². The van der Waals surface area contributed by atoms with Crippen LogP contribution in [0.5, 0.6) is 0 Å². The normalized spacial score (nSPS) is 14.9. The molecule has 1 aliphatic rings. The molecule has 0 spiro atoms. The van der Waals surface area contributed by atoms with Crippen molar-refractivity contribution >= 4 is 34.3 Å². The van der Waals surface area contributed by atoms with E-state index in [0.29, 0.717) is 17.1 Å². The lowest BCUT2D eigenvalue weighted by Crippen LogP contribution is -2.31. The van der Waals surface area contributed by atoms with Crippen LogP contribution in [-0.2, 0) is 0 Å². The van der Waals surface area contributed by atoms with Crippen LogP contribution in [0.1, 0.15) is 10.4 Å². The third-order valence-corrected chi connectivity index (χ3v) is 3.58. The maximum atomic E-state index is 12.0. The van der Waals surface area contributed by atoms with Crippen LogP contribution in [-0.4, -0.2) is 41.7 Å². The number of hydrogen-bond donors (Lipinski definition) is 0. The van der Waals surface area contributed by atoms with E-state index >= 15 is 0 Å². The van der Waals surface area contributed by atoms with Crippen LogP contribution in [0.2, 0.25) is 5.02 Å². The highest BCUT2D eigenvalue weighted by atomic mass is 35.5. The minimum Gasteiger partial charge on any atom is -0.342 e. The zero-order chi connectivity index (χ0) is 12.3. The average molecular weight is 269 g/mol. The van der Waals surface area contributed by atoms with Gasteiger partial charge in [0.15, 0.2) is 11.0 Å². The highest BCUT2D eigenvalue weighted by molar-refractivity contribution is 8.13. The molecule has 3 nitrogen and oxygen atoms in total. The minimum absolute atomic E-state index is 0.102. The predicted molar refractivity (Wildman–Crippen MR) is 73.2 cm³/mol. The number of benzene rings is 1. The second-order valence-electron chi connectivity index (χ2n) is 3.72.